The third kappa shape index (κ3) is 6.50. The van der Waals surface area contributed by atoms with Crippen LogP contribution in [0.15, 0.2) is 30.3 Å². The van der Waals surface area contributed by atoms with E-state index >= 15 is 0 Å². The molecule has 0 atom stereocenters. The molecule has 1 aromatic carbocycles. The van der Waals surface area contributed by atoms with Gasteiger partial charge in [-0.2, -0.15) is 0 Å². The molecule has 4 rings (SSSR count). The van der Waals surface area contributed by atoms with Crippen LogP contribution in [-0.4, -0.2) is 55.6 Å². The molecule has 0 unspecified atom stereocenters. The Balaban J connectivity index is 1.76. The number of nitrogens with one attached hydrogen (secondary N) is 2. The lowest BCUT2D eigenvalue weighted by atomic mass is 9.90. The molecule has 1 saturated heterocycles. The molecule has 1 aromatic heterocycles. The summed E-state index contributed by atoms with van der Waals surface area (Å²) >= 11 is 0. The summed E-state index contributed by atoms with van der Waals surface area (Å²) in [4.78, 5) is 19.9. The predicted octanol–water partition coefficient (Wildman–Crippen LogP) is 6.31. The molecule has 1 aliphatic heterocycles. The first-order valence-electron chi connectivity index (χ1n) is 13.9. The molecule has 0 radical (unpaired) electrons. The number of hydrogen-bond acceptors (Lipinski definition) is 7. The second-order valence-corrected chi connectivity index (χ2v) is 10.5. The largest absolute Gasteiger partial charge is 0.461 e. The second kappa shape index (κ2) is 12.5. The lowest BCUT2D eigenvalue weighted by Crippen LogP contribution is -2.36. The van der Waals surface area contributed by atoms with E-state index in [0.29, 0.717) is 23.6 Å². The third-order valence-electron chi connectivity index (χ3n) is 7.62. The Kier molecular flexibility index (Phi) is 9.19. The fourth-order valence-corrected chi connectivity index (χ4v) is 5.35. The summed E-state index contributed by atoms with van der Waals surface area (Å²) in [6.07, 6.45) is 7.81. The average Bonchev–Trinajstić information content (AvgIpc) is 2.93. The molecular formula is C30H42N4O3. The van der Waals surface area contributed by atoms with Gasteiger partial charge in [-0.1, -0.05) is 45.2 Å². The van der Waals surface area contributed by atoms with Crippen LogP contribution >= 0.6 is 0 Å². The van der Waals surface area contributed by atoms with Gasteiger partial charge < -0.3 is 25.1 Å². The Bertz CT molecular complexity index is 1070. The topological polar surface area (TPSA) is 87.5 Å². The van der Waals surface area contributed by atoms with Crippen LogP contribution in [0, 0.1) is 11.3 Å². The molecule has 2 fully saturated rings. The second-order valence-electron chi connectivity index (χ2n) is 10.5. The highest BCUT2D eigenvalue weighted by Gasteiger charge is 2.25. The van der Waals surface area contributed by atoms with Crippen molar-refractivity contribution in [2.45, 2.75) is 77.8 Å². The first-order chi connectivity index (χ1) is 17.9. The third-order valence-corrected chi connectivity index (χ3v) is 7.62. The van der Waals surface area contributed by atoms with E-state index in [2.05, 4.69) is 41.5 Å². The molecule has 7 nitrogen and oxygen atoms in total. The molecule has 0 spiro atoms. The van der Waals surface area contributed by atoms with Gasteiger partial charge in [-0.25, -0.2) is 9.78 Å². The van der Waals surface area contributed by atoms with Gasteiger partial charge in [-0.15, -0.1) is 0 Å². The van der Waals surface area contributed by atoms with Gasteiger partial charge in [-0.3, -0.25) is 0 Å². The van der Waals surface area contributed by atoms with Gasteiger partial charge in [-0.05, 0) is 67.9 Å². The van der Waals surface area contributed by atoms with Crippen LogP contribution in [0.3, 0.4) is 0 Å². The van der Waals surface area contributed by atoms with Crippen molar-refractivity contribution in [3.8, 4) is 11.1 Å². The number of carbonyl (C=O) groups is 1. The van der Waals surface area contributed by atoms with Crippen LogP contribution in [0.25, 0.3) is 11.1 Å². The van der Waals surface area contributed by atoms with Gasteiger partial charge in [0.25, 0.3) is 0 Å². The summed E-state index contributed by atoms with van der Waals surface area (Å²) < 4.78 is 10.9. The van der Waals surface area contributed by atoms with Crippen LogP contribution in [-0.2, 0) is 9.47 Å². The van der Waals surface area contributed by atoms with Crippen LogP contribution in [0.1, 0.15) is 81.8 Å². The Morgan fingerprint density at radius 1 is 1.14 bits per heavy atom. The van der Waals surface area contributed by atoms with Gasteiger partial charge >= 0.3 is 5.97 Å². The van der Waals surface area contributed by atoms with Crippen molar-refractivity contribution in [3.63, 3.8) is 0 Å². The normalized spacial score (nSPS) is 17.0. The number of aromatic nitrogens is 1. The monoisotopic (exact) mass is 506 g/mol. The van der Waals surface area contributed by atoms with E-state index in [0.717, 1.165) is 61.3 Å². The van der Waals surface area contributed by atoms with Crippen molar-refractivity contribution in [3.05, 3.63) is 41.6 Å². The van der Waals surface area contributed by atoms with Crippen molar-refractivity contribution in [1.82, 2.24) is 4.98 Å². The van der Waals surface area contributed by atoms with Gasteiger partial charge in [0.15, 0.2) is 5.69 Å². The van der Waals surface area contributed by atoms with Crippen LogP contribution < -0.4 is 10.2 Å². The molecular weight excluding hydrogens is 464 g/mol. The van der Waals surface area contributed by atoms with Crippen molar-refractivity contribution in [2.75, 3.05) is 37.1 Å². The highest BCUT2D eigenvalue weighted by molar-refractivity contribution is 6.10. The van der Waals surface area contributed by atoms with E-state index in [1.165, 1.54) is 19.3 Å². The lowest BCUT2D eigenvalue weighted by Gasteiger charge is -2.33. The van der Waals surface area contributed by atoms with Crippen molar-refractivity contribution >= 4 is 23.2 Å². The molecule has 2 heterocycles. The molecule has 200 valence electrons. The minimum absolute atomic E-state index is 0.0137. The number of hydrogen-bond donors (Lipinski definition) is 2. The minimum atomic E-state index is -0.436. The maximum absolute atomic E-state index is 12.8. The predicted molar refractivity (Wildman–Crippen MR) is 150 cm³/mol. The number of esters is 1. The van der Waals surface area contributed by atoms with E-state index in [4.69, 9.17) is 19.9 Å². The maximum Gasteiger partial charge on any atom is 0.357 e. The average molecular weight is 507 g/mol. The van der Waals surface area contributed by atoms with Gasteiger partial charge in [0, 0.05) is 49.3 Å². The number of nitrogens with zero attached hydrogens (tertiary/aromatic N) is 2. The van der Waals surface area contributed by atoms with E-state index in [1.54, 1.807) is 13.0 Å². The van der Waals surface area contributed by atoms with Crippen molar-refractivity contribution < 1.29 is 14.3 Å². The summed E-state index contributed by atoms with van der Waals surface area (Å²) in [6.45, 7) is 7.76. The molecule has 0 amide bonds. The van der Waals surface area contributed by atoms with Gasteiger partial charge in [0.05, 0.1) is 6.61 Å². The quantitative estimate of drug-likeness (QED) is 0.306. The molecule has 7 heteroatoms. The number of benzene rings is 1. The first kappa shape index (κ1) is 27.1. The van der Waals surface area contributed by atoms with E-state index in [-0.39, 0.29) is 18.2 Å². The number of anilines is 2. The summed E-state index contributed by atoms with van der Waals surface area (Å²) in [5.41, 5.74) is 4.52. The molecule has 37 heavy (non-hydrogen) atoms. The summed E-state index contributed by atoms with van der Waals surface area (Å²) in [5, 5.41) is 12.6. The molecule has 1 aliphatic carbocycles. The number of ether oxygens (including phenoxy) is 2. The fourth-order valence-electron chi connectivity index (χ4n) is 5.35. The summed E-state index contributed by atoms with van der Waals surface area (Å²) in [5.74, 6) is 0.198. The Labute approximate surface area is 221 Å². The highest BCUT2D eigenvalue weighted by atomic mass is 16.5. The summed E-state index contributed by atoms with van der Waals surface area (Å²) in [6, 6.07) is 11.0. The standard InChI is InChI=1S/C30H42N4O3/c1-5-37-30(35)26-19-25(21-11-13-23(14-12-21)34(4)24-15-17-36-18-16-24)27(28(31)20(2)3)29(33-26)32-22-9-7-6-8-10-22/h11-14,19-20,22,24,31H,5-10,15-18H2,1-4H3,(H,32,33). The first-order valence-corrected chi connectivity index (χ1v) is 13.9. The molecule has 0 bridgehead atoms. The van der Waals surface area contributed by atoms with Gasteiger partial charge in [0.2, 0.25) is 0 Å². The molecule has 2 N–H and O–H groups in total. The van der Waals surface area contributed by atoms with E-state index in [1.807, 2.05) is 13.8 Å². The highest BCUT2D eigenvalue weighted by Crippen LogP contribution is 2.34. The molecule has 1 saturated carbocycles. The molecule has 2 aromatic rings. The summed E-state index contributed by atoms with van der Waals surface area (Å²) in [7, 11) is 2.14. The SMILES string of the molecule is CCOC(=O)c1cc(-c2ccc(N(C)C3CCOCC3)cc2)c(C(=N)C(C)C)c(NC2CCCCC2)n1. The lowest BCUT2D eigenvalue weighted by molar-refractivity contribution is 0.0519. The zero-order valence-electron chi connectivity index (χ0n) is 22.8. The minimum Gasteiger partial charge on any atom is -0.461 e. The van der Waals surface area contributed by atoms with Crippen LogP contribution in [0.4, 0.5) is 11.5 Å². The van der Waals surface area contributed by atoms with E-state index < -0.39 is 5.97 Å². The Morgan fingerprint density at radius 3 is 2.43 bits per heavy atom. The van der Waals surface area contributed by atoms with E-state index in [9.17, 15) is 4.79 Å². The van der Waals surface area contributed by atoms with Crippen molar-refractivity contribution in [2.24, 2.45) is 5.92 Å². The van der Waals surface area contributed by atoms with Crippen LogP contribution in [0.5, 0.6) is 0 Å². The van der Waals surface area contributed by atoms with Crippen molar-refractivity contribution in [1.29, 1.82) is 5.41 Å². The number of rotatable bonds is 9. The van der Waals surface area contributed by atoms with Gasteiger partial charge in [0.1, 0.15) is 5.82 Å². The molecule has 2 aliphatic rings. The zero-order chi connectivity index (χ0) is 26.4. The fraction of sp³-hybridized carbons (Fsp3) is 0.567. The maximum atomic E-state index is 12.8. The Morgan fingerprint density at radius 2 is 1.81 bits per heavy atom. The zero-order valence-corrected chi connectivity index (χ0v) is 22.8. The Hall–Kier alpha value is -2.93. The number of carbonyl (C=O) groups excluding carboxylic acids is 1. The smallest absolute Gasteiger partial charge is 0.357 e. The van der Waals surface area contributed by atoms with Crippen LogP contribution in [0.2, 0.25) is 0 Å². The number of pyridine rings is 1.